The van der Waals surface area contributed by atoms with Crippen LogP contribution in [0.3, 0.4) is 0 Å². The first-order valence-corrected chi connectivity index (χ1v) is 8.42. The zero-order valence-electron chi connectivity index (χ0n) is 13.7. The number of benzene rings is 1. The van der Waals surface area contributed by atoms with E-state index in [2.05, 4.69) is 37.8 Å². The Morgan fingerprint density at radius 1 is 0.905 bits per heavy atom. The predicted molar refractivity (Wildman–Crippen MR) is 87.0 cm³/mol. The molecule has 1 heterocycles. The minimum Gasteiger partial charge on any atom is -0.292 e. The summed E-state index contributed by atoms with van der Waals surface area (Å²) in [6.07, 6.45) is 7.01. The van der Waals surface area contributed by atoms with Crippen molar-refractivity contribution in [2.75, 3.05) is 13.1 Å². The lowest BCUT2D eigenvalue weighted by Crippen LogP contribution is -2.51. The summed E-state index contributed by atoms with van der Waals surface area (Å²) >= 11 is 0. The molecule has 114 valence electrons. The summed E-state index contributed by atoms with van der Waals surface area (Å²) in [4.78, 5) is 15.9. The maximum Gasteiger partial charge on any atom is 0.183 e. The Kier molecular flexibility index (Phi) is 3.92. The number of ketones is 1. The van der Waals surface area contributed by atoms with Crippen LogP contribution in [0.25, 0.3) is 0 Å². The summed E-state index contributed by atoms with van der Waals surface area (Å²) in [6.45, 7) is 8.54. The van der Waals surface area contributed by atoms with Crippen molar-refractivity contribution >= 4 is 5.78 Å². The van der Waals surface area contributed by atoms with Crippen LogP contribution in [0.5, 0.6) is 0 Å². The first-order chi connectivity index (χ1) is 10.0. The van der Waals surface area contributed by atoms with E-state index in [0.29, 0.717) is 5.78 Å². The van der Waals surface area contributed by atoms with E-state index >= 15 is 0 Å². The van der Waals surface area contributed by atoms with Gasteiger partial charge in [-0.1, -0.05) is 18.9 Å². The van der Waals surface area contributed by atoms with Crippen molar-refractivity contribution < 1.29 is 4.79 Å². The molecule has 0 spiro atoms. The lowest BCUT2D eigenvalue weighted by Gasteiger charge is -2.37. The highest BCUT2D eigenvalue weighted by Gasteiger charge is 2.47. The van der Waals surface area contributed by atoms with Gasteiger partial charge < -0.3 is 0 Å². The number of hydrogen-bond acceptors (Lipinski definition) is 2. The molecule has 0 amide bonds. The van der Waals surface area contributed by atoms with Crippen LogP contribution < -0.4 is 0 Å². The van der Waals surface area contributed by atoms with E-state index in [-0.39, 0.29) is 5.54 Å². The van der Waals surface area contributed by atoms with E-state index in [1.165, 1.54) is 36.8 Å². The topological polar surface area (TPSA) is 20.3 Å². The average molecular weight is 285 g/mol. The molecule has 1 saturated heterocycles. The van der Waals surface area contributed by atoms with Crippen molar-refractivity contribution in [1.82, 2.24) is 4.90 Å². The Bertz CT molecular complexity index is 549. The van der Waals surface area contributed by atoms with Crippen molar-refractivity contribution in [3.8, 4) is 0 Å². The fourth-order valence-electron chi connectivity index (χ4n) is 4.25. The first-order valence-electron chi connectivity index (χ1n) is 8.42. The maximum atomic E-state index is 13.4. The van der Waals surface area contributed by atoms with E-state index in [0.717, 1.165) is 37.1 Å². The number of hydrogen-bond donors (Lipinski definition) is 0. The lowest BCUT2D eigenvalue weighted by molar-refractivity contribution is 0.0625. The third-order valence-corrected chi connectivity index (χ3v) is 5.65. The summed E-state index contributed by atoms with van der Waals surface area (Å²) in [5, 5.41) is 0. The number of Topliss-reactive ketones (excluding diaryl/α,β-unsaturated/α-hetero) is 1. The van der Waals surface area contributed by atoms with Gasteiger partial charge in [0, 0.05) is 5.56 Å². The molecule has 2 aliphatic rings. The fourth-order valence-corrected chi connectivity index (χ4v) is 4.25. The molecule has 2 fully saturated rings. The van der Waals surface area contributed by atoms with E-state index in [1.54, 1.807) is 0 Å². The molecule has 2 nitrogen and oxygen atoms in total. The highest BCUT2D eigenvalue weighted by molar-refractivity contribution is 6.04. The lowest BCUT2D eigenvalue weighted by atomic mass is 9.83. The molecule has 0 bridgehead atoms. The van der Waals surface area contributed by atoms with Gasteiger partial charge in [0.2, 0.25) is 0 Å². The van der Waals surface area contributed by atoms with Crippen molar-refractivity contribution in [2.24, 2.45) is 0 Å². The van der Waals surface area contributed by atoms with E-state index in [4.69, 9.17) is 0 Å². The van der Waals surface area contributed by atoms with Crippen LogP contribution in [-0.4, -0.2) is 29.3 Å². The third-order valence-electron chi connectivity index (χ3n) is 5.65. The third kappa shape index (κ3) is 2.44. The van der Waals surface area contributed by atoms with E-state index < -0.39 is 0 Å². The van der Waals surface area contributed by atoms with Gasteiger partial charge in [0.05, 0.1) is 5.54 Å². The number of nitrogens with zero attached hydrogens (tertiary/aromatic N) is 1. The maximum absolute atomic E-state index is 13.4. The number of likely N-dealkylation sites (tertiary alicyclic amines) is 1. The summed E-state index contributed by atoms with van der Waals surface area (Å²) in [5.41, 5.74) is 4.44. The van der Waals surface area contributed by atoms with Crippen molar-refractivity contribution in [1.29, 1.82) is 0 Å². The summed E-state index contributed by atoms with van der Waals surface area (Å²) in [5.74, 6) is 0.391. The van der Waals surface area contributed by atoms with Crippen LogP contribution in [0, 0.1) is 20.8 Å². The Balaban J connectivity index is 2.00. The van der Waals surface area contributed by atoms with Gasteiger partial charge in [0.15, 0.2) is 5.78 Å². The van der Waals surface area contributed by atoms with Gasteiger partial charge in [-0.3, -0.25) is 9.69 Å². The van der Waals surface area contributed by atoms with Gasteiger partial charge in [0.25, 0.3) is 0 Å². The smallest absolute Gasteiger partial charge is 0.183 e. The minimum absolute atomic E-state index is 0.192. The molecule has 2 heteroatoms. The molecule has 21 heavy (non-hydrogen) atoms. The molecule has 3 rings (SSSR count). The second kappa shape index (κ2) is 5.57. The normalized spacial score (nSPS) is 21.9. The molecule has 0 radical (unpaired) electrons. The quantitative estimate of drug-likeness (QED) is 0.776. The Hall–Kier alpha value is -1.15. The van der Waals surface area contributed by atoms with Crippen LogP contribution in [-0.2, 0) is 0 Å². The van der Waals surface area contributed by atoms with Crippen molar-refractivity contribution in [3.63, 3.8) is 0 Å². The molecular formula is C19H27NO. The van der Waals surface area contributed by atoms with Gasteiger partial charge in [-0.15, -0.1) is 0 Å². The highest BCUT2D eigenvalue weighted by atomic mass is 16.1. The number of rotatable bonds is 3. The number of aryl methyl sites for hydroxylation is 3. The molecule has 1 saturated carbocycles. The van der Waals surface area contributed by atoms with Gasteiger partial charge in [-0.25, -0.2) is 0 Å². The Morgan fingerprint density at radius 2 is 1.48 bits per heavy atom. The van der Waals surface area contributed by atoms with Gasteiger partial charge in [-0.05, 0) is 82.3 Å². The van der Waals surface area contributed by atoms with E-state index in [1.807, 2.05) is 0 Å². The van der Waals surface area contributed by atoms with Crippen molar-refractivity contribution in [3.05, 3.63) is 34.4 Å². The van der Waals surface area contributed by atoms with Crippen LogP contribution in [0.15, 0.2) is 12.1 Å². The standard InChI is InChI=1S/C19H27NO/c1-14-12-16(3)17(13-15(14)2)18(21)19(8-4-5-9-19)20-10-6-7-11-20/h12-13H,4-11H2,1-3H3. The number of carbonyl (C=O) groups is 1. The minimum atomic E-state index is -0.192. The molecular weight excluding hydrogens is 258 g/mol. The summed E-state index contributed by atoms with van der Waals surface area (Å²) in [6, 6.07) is 4.30. The fraction of sp³-hybridized carbons (Fsp3) is 0.632. The average Bonchev–Trinajstić information content (AvgIpc) is 3.12. The predicted octanol–water partition coefficient (Wildman–Crippen LogP) is 4.20. The van der Waals surface area contributed by atoms with Crippen LogP contribution in [0.1, 0.15) is 65.6 Å². The molecule has 1 aliphatic heterocycles. The Labute approximate surface area is 128 Å². The zero-order chi connectivity index (χ0) is 15.0. The SMILES string of the molecule is Cc1cc(C)c(C(=O)C2(N3CCCC3)CCCC2)cc1C. The second-order valence-corrected chi connectivity index (χ2v) is 7.01. The monoisotopic (exact) mass is 285 g/mol. The van der Waals surface area contributed by atoms with Crippen LogP contribution >= 0.6 is 0 Å². The summed E-state index contributed by atoms with van der Waals surface area (Å²) in [7, 11) is 0. The largest absolute Gasteiger partial charge is 0.292 e. The van der Waals surface area contributed by atoms with Gasteiger partial charge in [0.1, 0.15) is 0 Å². The molecule has 0 aromatic heterocycles. The summed E-state index contributed by atoms with van der Waals surface area (Å²) < 4.78 is 0. The number of carbonyl (C=O) groups excluding carboxylic acids is 1. The molecule has 1 aromatic carbocycles. The zero-order valence-corrected chi connectivity index (χ0v) is 13.7. The second-order valence-electron chi connectivity index (χ2n) is 7.01. The Morgan fingerprint density at radius 3 is 2.10 bits per heavy atom. The highest BCUT2D eigenvalue weighted by Crippen LogP contribution is 2.40. The van der Waals surface area contributed by atoms with Gasteiger partial charge in [-0.2, -0.15) is 0 Å². The molecule has 1 aliphatic carbocycles. The molecule has 1 aromatic rings. The molecule has 0 unspecified atom stereocenters. The molecule has 0 N–H and O–H groups in total. The van der Waals surface area contributed by atoms with Crippen LogP contribution in [0.4, 0.5) is 0 Å². The molecule has 0 atom stereocenters. The van der Waals surface area contributed by atoms with E-state index in [9.17, 15) is 4.79 Å². The van der Waals surface area contributed by atoms with Gasteiger partial charge >= 0.3 is 0 Å². The van der Waals surface area contributed by atoms with Crippen LogP contribution in [0.2, 0.25) is 0 Å². The van der Waals surface area contributed by atoms with Crippen molar-refractivity contribution in [2.45, 2.75) is 64.8 Å². The first kappa shape index (κ1) is 14.8.